The van der Waals surface area contributed by atoms with Crippen LogP contribution in [0.3, 0.4) is 0 Å². The van der Waals surface area contributed by atoms with Gasteiger partial charge in [-0.3, -0.25) is 0 Å². The van der Waals surface area contributed by atoms with Gasteiger partial charge in [-0.2, -0.15) is 0 Å². The molecule has 0 aromatic heterocycles. The lowest BCUT2D eigenvalue weighted by atomic mass is 9.94. The summed E-state index contributed by atoms with van der Waals surface area (Å²) in [6.07, 6.45) is 5.58. The quantitative estimate of drug-likeness (QED) is 0.591. The normalized spacial score (nSPS) is 17.5. The molecule has 3 N–H and O–H groups in total. The fourth-order valence-corrected chi connectivity index (χ4v) is 0.995. The van der Waals surface area contributed by atoms with Crippen molar-refractivity contribution in [2.75, 3.05) is 0 Å². The minimum Gasteiger partial charge on any atom is -0.516 e. The van der Waals surface area contributed by atoms with E-state index in [-0.39, 0.29) is 5.54 Å². The molecule has 0 rings (SSSR count). The molecule has 0 amide bonds. The van der Waals surface area contributed by atoms with E-state index in [4.69, 9.17) is 10.8 Å². The predicted molar refractivity (Wildman–Crippen MR) is 43.9 cm³/mol. The van der Waals surface area contributed by atoms with E-state index >= 15 is 0 Å². The third-order valence-electron chi connectivity index (χ3n) is 1.51. The Morgan fingerprint density at radius 3 is 2.60 bits per heavy atom. The summed E-state index contributed by atoms with van der Waals surface area (Å²) in [6, 6.07) is 0. The van der Waals surface area contributed by atoms with E-state index in [0.717, 1.165) is 25.5 Å². The summed E-state index contributed by atoms with van der Waals surface area (Å²) in [5, 5.41) is 8.36. The number of aliphatic hydroxyl groups excluding tert-OH is 1. The van der Waals surface area contributed by atoms with Crippen LogP contribution >= 0.6 is 0 Å². The van der Waals surface area contributed by atoms with Crippen molar-refractivity contribution in [3.63, 3.8) is 0 Å². The standard InChI is InChI=1S/C8H17NO/c1-3-5-8(2,9)6-4-7-10/h4,7,10H,3,5-6,9H2,1-2H3/b7-4+. The van der Waals surface area contributed by atoms with Crippen molar-refractivity contribution >= 4 is 0 Å². The Hall–Kier alpha value is -0.500. The van der Waals surface area contributed by atoms with Gasteiger partial charge in [-0.15, -0.1) is 0 Å². The molecule has 0 saturated carbocycles. The van der Waals surface area contributed by atoms with Crippen molar-refractivity contribution in [2.24, 2.45) is 5.73 Å². The maximum absolute atomic E-state index is 8.36. The lowest BCUT2D eigenvalue weighted by molar-refractivity contribution is 0.419. The van der Waals surface area contributed by atoms with Crippen molar-refractivity contribution in [3.8, 4) is 0 Å². The topological polar surface area (TPSA) is 46.2 Å². The number of rotatable bonds is 4. The van der Waals surface area contributed by atoms with E-state index in [1.807, 2.05) is 6.92 Å². The third kappa shape index (κ3) is 4.39. The summed E-state index contributed by atoms with van der Waals surface area (Å²) in [5.41, 5.74) is 5.71. The van der Waals surface area contributed by atoms with Gasteiger partial charge in [-0.05, 0) is 25.8 Å². The maximum Gasteiger partial charge on any atom is 0.0752 e. The third-order valence-corrected chi connectivity index (χ3v) is 1.51. The SMILES string of the molecule is CCCC(C)(N)C/C=C/O. The minimum atomic E-state index is -0.145. The summed E-state index contributed by atoms with van der Waals surface area (Å²) in [6.45, 7) is 4.10. The first-order valence-corrected chi connectivity index (χ1v) is 3.70. The lowest BCUT2D eigenvalue weighted by Gasteiger charge is -2.21. The van der Waals surface area contributed by atoms with Crippen LogP contribution in [-0.4, -0.2) is 10.6 Å². The average Bonchev–Trinajstić information content (AvgIpc) is 1.84. The van der Waals surface area contributed by atoms with Crippen molar-refractivity contribution in [1.29, 1.82) is 0 Å². The van der Waals surface area contributed by atoms with Crippen molar-refractivity contribution in [3.05, 3.63) is 12.3 Å². The van der Waals surface area contributed by atoms with Gasteiger partial charge in [0.15, 0.2) is 0 Å². The molecular weight excluding hydrogens is 126 g/mol. The lowest BCUT2D eigenvalue weighted by Crippen LogP contribution is -2.34. The van der Waals surface area contributed by atoms with E-state index in [1.54, 1.807) is 6.08 Å². The number of nitrogens with two attached hydrogens (primary N) is 1. The van der Waals surface area contributed by atoms with Gasteiger partial charge in [-0.1, -0.05) is 13.3 Å². The van der Waals surface area contributed by atoms with E-state index < -0.39 is 0 Å². The highest BCUT2D eigenvalue weighted by molar-refractivity contribution is 4.87. The van der Waals surface area contributed by atoms with E-state index in [1.165, 1.54) is 0 Å². The second-order valence-electron chi connectivity index (χ2n) is 2.99. The molecule has 0 aromatic rings. The maximum atomic E-state index is 8.36. The van der Waals surface area contributed by atoms with E-state index in [2.05, 4.69) is 6.92 Å². The Morgan fingerprint density at radius 2 is 2.20 bits per heavy atom. The van der Waals surface area contributed by atoms with Crippen LogP contribution in [0.5, 0.6) is 0 Å². The molecule has 10 heavy (non-hydrogen) atoms. The first-order chi connectivity index (χ1) is 4.62. The second kappa shape index (κ2) is 4.34. The molecule has 2 nitrogen and oxygen atoms in total. The molecule has 60 valence electrons. The highest BCUT2D eigenvalue weighted by Gasteiger charge is 2.14. The molecule has 0 heterocycles. The summed E-state index contributed by atoms with van der Waals surface area (Å²) in [4.78, 5) is 0. The highest BCUT2D eigenvalue weighted by Crippen LogP contribution is 2.13. The van der Waals surface area contributed by atoms with Gasteiger partial charge in [0.25, 0.3) is 0 Å². The van der Waals surface area contributed by atoms with Crippen LogP contribution in [-0.2, 0) is 0 Å². The minimum absolute atomic E-state index is 0.145. The molecule has 0 radical (unpaired) electrons. The van der Waals surface area contributed by atoms with Gasteiger partial charge in [0, 0.05) is 5.54 Å². The van der Waals surface area contributed by atoms with Crippen LogP contribution in [0.1, 0.15) is 33.1 Å². The van der Waals surface area contributed by atoms with Crippen LogP contribution in [0.25, 0.3) is 0 Å². The number of hydrogen-bond donors (Lipinski definition) is 2. The van der Waals surface area contributed by atoms with Gasteiger partial charge < -0.3 is 10.8 Å². The summed E-state index contributed by atoms with van der Waals surface area (Å²) < 4.78 is 0. The van der Waals surface area contributed by atoms with Crippen LogP contribution in [0.4, 0.5) is 0 Å². The molecule has 0 spiro atoms. The second-order valence-corrected chi connectivity index (χ2v) is 2.99. The van der Waals surface area contributed by atoms with Crippen molar-refractivity contribution in [2.45, 2.75) is 38.6 Å². The molecule has 0 aliphatic rings. The first-order valence-electron chi connectivity index (χ1n) is 3.70. The Bertz CT molecular complexity index is 108. The Balaban J connectivity index is 3.62. The zero-order valence-corrected chi connectivity index (χ0v) is 6.80. The van der Waals surface area contributed by atoms with Crippen LogP contribution in [0.2, 0.25) is 0 Å². The number of aliphatic hydroxyl groups is 1. The van der Waals surface area contributed by atoms with Gasteiger partial charge in [0.05, 0.1) is 6.26 Å². The number of hydrogen-bond acceptors (Lipinski definition) is 2. The largest absolute Gasteiger partial charge is 0.516 e. The summed E-state index contributed by atoms with van der Waals surface area (Å²) in [5.74, 6) is 0. The Labute approximate surface area is 62.7 Å². The van der Waals surface area contributed by atoms with Gasteiger partial charge in [0.2, 0.25) is 0 Å². The van der Waals surface area contributed by atoms with Crippen LogP contribution in [0.15, 0.2) is 12.3 Å². The zero-order valence-electron chi connectivity index (χ0n) is 6.80. The molecule has 0 aliphatic carbocycles. The van der Waals surface area contributed by atoms with Crippen LogP contribution < -0.4 is 5.73 Å². The molecule has 2 heteroatoms. The first kappa shape index (κ1) is 9.50. The smallest absolute Gasteiger partial charge is 0.0752 e. The van der Waals surface area contributed by atoms with E-state index in [9.17, 15) is 0 Å². The molecule has 0 saturated heterocycles. The summed E-state index contributed by atoms with van der Waals surface area (Å²) >= 11 is 0. The molecule has 0 fully saturated rings. The van der Waals surface area contributed by atoms with Crippen molar-refractivity contribution < 1.29 is 5.11 Å². The Kier molecular flexibility index (Phi) is 4.12. The van der Waals surface area contributed by atoms with Gasteiger partial charge in [-0.25, -0.2) is 0 Å². The molecule has 0 aromatic carbocycles. The highest BCUT2D eigenvalue weighted by atomic mass is 16.2. The van der Waals surface area contributed by atoms with Crippen LogP contribution in [0, 0.1) is 0 Å². The van der Waals surface area contributed by atoms with Crippen molar-refractivity contribution in [1.82, 2.24) is 0 Å². The fourth-order valence-electron chi connectivity index (χ4n) is 0.995. The molecule has 0 bridgehead atoms. The molecule has 1 unspecified atom stereocenters. The fraction of sp³-hybridized carbons (Fsp3) is 0.750. The van der Waals surface area contributed by atoms with Gasteiger partial charge >= 0.3 is 0 Å². The van der Waals surface area contributed by atoms with E-state index in [0.29, 0.717) is 0 Å². The predicted octanol–water partition coefficient (Wildman–Crippen LogP) is 1.97. The van der Waals surface area contributed by atoms with Gasteiger partial charge in [0.1, 0.15) is 0 Å². The average molecular weight is 143 g/mol. The molecular formula is C8H17NO. The summed E-state index contributed by atoms with van der Waals surface area (Å²) in [7, 11) is 0. The monoisotopic (exact) mass is 143 g/mol. The Morgan fingerprint density at radius 1 is 1.60 bits per heavy atom. The molecule has 1 atom stereocenters. The zero-order chi connectivity index (χ0) is 8.04. The molecule has 0 aliphatic heterocycles.